The van der Waals surface area contributed by atoms with E-state index in [1.807, 2.05) is 19.1 Å². The van der Waals surface area contributed by atoms with E-state index in [-0.39, 0.29) is 5.91 Å². The second-order valence-electron chi connectivity index (χ2n) is 8.56. The number of rotatable bonds is 6. The summed E-state index contributed by atoms with van der Waals surface area (Å²) < 4.78 is 0. The number of nitrogens with two attached hydrogens (primary N) is 1. The van der Waals surface area contributed by atoms with Crippen LogP contribution in [0, 0.1) is 6.92 Å². The average molecular weight is 436 g/mol. The second kappa shape index (κ2) is 8.48. The van der Waals surface area contributed by atoms with Crippen molar-refractivity contribution in [2.24, 2.45) is 0 Å². The van der Waals surface area contributed by atoms with Gasteiger partial charge in [0.2, 0.25) is 0 Å². The summed E-state index contributed by atoms with van der Waals surface area (Å²) >= 11 is 1.37. The third-order valence-electron chi connectivity index (χ3n) is 6.21. The average Bonchev–Trinajstić information content (AvgIpc) is 3.58. The molecule has 162 valence electrons. The summed E-state index contributed by atoms with van der Waals surface area (Å²) in [7, 11) is 0. The zero-order chi connectivity index (χ0) is 21.4. The number of aryl methyl sites for hydroxylation is 1. The Hall–Kier alpha value is -2.64. The number of aromatic nitrogens is 1. The number of benzene rings is 1. The van der Waals surface area contributed by atoms with Gasteiger partial charge >= 0.3 is 0 Å². The summed E-state index contributed by atoms with van der Waals surface area (Å²) in [6, 6.07) is 10.7. The smallest absolute Gasteiger partial charge is 0.263 e. The molecule has 1 aliphatic heterocycles. The van der Waals surface area contributed by atoms with E-state index >= 15 is 0 Å². The molecule has 2 aromatic heterocycles. The minimum absolute atomic E-state index is 0.113. The molecule has 6 nitrogen and oxygen atoms in total. The monoisotopic (exact) mass is 435 g/mol. The molecule has 7 heteroatoms. The van der Waals surface area contributed by atoms with Gasteiger partial charge in [0.15, 0.2) is 0 Å². The molecule has 1 amide bonds. The van der Waals surface area contributed by atoms with Crippen molar-refractivity contribution in [3.05, 3.63) is 52.0 Å². The first-order chi connectivity index (χ1) is 15.1. The number of nitrogen functional groups attached to an aromatic ring is 1. The Morgan fingerprint density at radius 1 is 1.26 bits per heavy atom. The van der Waals surface area contributed by atoms with Gasteiger partial charge in [-0.3, -0.25) is 4.79 Å². The molecule has 0 unspecified atom stereocenters. The van der Waals surface area contributed by atoms with Crippen LogP contribution in [0.15, 0.2) is 30.3 Å². The molecule has 2 aliphatic rings. The number of amides is 1. The SMILES string of the molecule is Cc1ccc2c(N)c(C(=O)NCCc3ccc(N4CCNCC4)c(C4CC4)c3)sc2n1. The molecule has 5 rings (SSSR count). The number of pyridine rings is 1. The summed E-state index contributed by atoms with van der Waals surface area (Å²) in [5, 5.41) is 7.34. The van der Waals surface area contributed by atoms with E-state index < -0.39 is 0 Å². The number of hydrogen-bond acceptors (Lipinski definition) is 6. The maximum Gasteiger partial charge on any atom is 0.263 e. The highest BCUT2D eigenvalue weighted by Crippen LogP contribution is 2.45. The molecular weight excluding hydrogens is 406 g/mol. The van der Waals surface area contributed by atoms with E-state index in [1.54, 1.807) is 0 Å². The van der Waals surface area contributed by atoms with Gasteiger partial charge in [-0.05, 0) is 61.4 Å². The van der Waals surface area contributed by atoms with Crippen LogP contribution in [0.25, 0.3) is 10.2 Å². The molecule has 0 bridgehead atoms. The molecule has 1 saturated heterocycles. The number of hydrogen-bond donors (Lipinski definition) is 3. The highest BCUT2D eigenvalue weighted by molar-refractivity contribution is 7.21. The van der Waals surface area contributed by atoms with Gasteiger partial charge in [-0.1, -0.05) is 12.1 Å². The van der Waals surface area contributed by atoms with E-state index in [2.05, 4.69) is 38.7 Å². The predicted octanol–water partition coefficient (Wildman–Crippen LogP) is 3.45. The van der Waals surface area contributed by atoms with E-state index in [4.69, 9.17) is 5.73 Å². The van der Waals surface area contributed by atoms with Crippen LogP contribution < -0.4 is 21.3 Å². The third-order valence-corrected chi connectivity index (χ3v) is 7.32. The van der Waals surface area contributed by atoms with Crippen LogP contribution in [-0.4, -0.2) is 43.6 Å². The fraction of sp³-hybridized carbons (Fsp3) is 0.417. The quantitative estimate of drug-likeness (QED) is 0.552. The van der Waals surface area contributed by atoms with Gasteiger partial charge in [0.1, 0.15) is 9.71 Å². The topological polar surface area (TPSA) is 83.3 Å². The largest absolute Gasteiger partial charge is 0.397 e. The van der Waals surface area contributed by atoms with E-state index in [9.17, 15) is 4.79 Å². The minimum atomic E-state index is -0.113. The molecule has 1 saturated carbocycles. The van der Waals surface area contributed by atoms with Gasteiger partial charge < -0.3 is 21.3 Å². The van der Waals surface area contributed by atoms with E-state index in [0.717, 1.165) is 48.5 Å². The number of fused-ring (bicyclic) bond motifs is 1. The van der Waals surface area contributed by atoms with Gasteiger partial charge in [-0.15, -0.1) is 11.3 Å². The Bertz CT molecular complexity index is 1110. The Labute approximate surface area is 186 Å². The lowest BCUT2D eigenvalue weighted by Gasteiger charge is -2.31. The summed E-state index contributed by atoms with van der Waals surface area (Å²) in [6.45, 7) is 6.77. The van der Waals surface area contributed by atoms with Crippen molar-refractivity contribution in [3.63, 3.8) is 0 Å². The molecule has 3 aromatic rings. The Kier molecular flexibility index (Phi) is 5.54. The number of carbonyl (C=O) groups is 1. The lowest BCUT2D eigenvalue weighted by molar-refractivity contribution is 0.0959. The number of carbonyl (C=O) groups excluding carboxylic acids is 1. The number of nitrogens with zero attached hydrogens (tertiary/aromatic N) is 2. The normalized spacial score (nSPS) is 16.6. The summed E-state index contributed by atoms with van der Waals surface area (Å²) in [5.74, 6) is 0.590. The molecule has 0 spiro atoms. The molecule has 1 aromatic carbocycles. The zero-order valence-corrected chi connectivity index (χ0v) is 18.7. The zero-order valence-electron chi connectivity index (χ0n) is 17.9. The molecule has 4 N–H and O–H groups in total. The molecule has 2 fully saturated rings. The molecule has 1 aliphatic carbocycles. The summed E-state index contributed by atoms with van der Waals surface area (Å²) in [4.78, 5) is 21.1. The van der Waals surface area contributed by atoms with Crippen LogP contribution in [0.2, 0.25) is 0 Å². The van der Waals surface area contributed by atoms with Crippen molar-refractivity contribution in [2.75, 3.05) is 43.4 Å². The summed E-state index contributed by atoms with van der Waals surface area (Å²) in [6.07, 6.45) is 3.39. The van der Waals surface area contributed by atoms with Crippen LogP contribution >= 0.6 is 11.3 Å². The lowest BCUT2D eigenvalue weighted by Crippen LogP contribution is -2.43. The highest BCUT2D eigenvalue weighted by atomic mass is 32.1. The Balaban J connectivity index is 1.25. The molecule has 0 radical (unpaired) electrons. The maximum absolute atomic E-state index is 12.7. The van der Waals surface area contributed by atoms with Gasteiger partial charge in [-0.2, -0.15) is 0 Å². The van der Waals surface area contributed by atoms with Crippen molar-refractivity contribution in [3.8, 4) is 0 Å². The van der Waals surface area contributed by atoms with Gasteiger partial charge in [0, 0.05) is 49.5 Å². The van der Waals surface area contributed by atoms with Crippen molar-refractivity contribution in [2.45, 2.75) is 32.1 Å². The van der Waals surface area contributed by atoms with E-state index in [0.29, 0.717) is 23.0 Å². The maximum atomic E-state index is 12.7. The molecular formula is C24H29N5OS. The molecule has 31 heavy (non-hydrogen) atoms. The van der Waals surface area contributed by atoms with Crippen LogP contribution in [-0.2, 0) is 6.42 Å². The molecule has 0 atom stereocenters. The fourth-order valence-corrected chi connectivity index (χ4v) is 5.39. The third kappa shape index (κ3) is 4.25. The van der Waals surface area contributed by atoms with Crippen molar-refractivity contribution in [1.82, 2.24) is 15.6 Å². The van der Waals surface area contributed by atoms with Crippen molar-refractivity contribution in [1.29, 1.82) is 0 Å². The van der Waals surface area contributed by atoms with E-state index in [1.165, 1.54) is 41.0 Å². The first kappa shape index (κ1) is 20.3. The number of thiophene rings is 1. The van der Waals surface area contributed by atoms with Crippen LogP contribution in [0.3, 0.4) is 0 Å². The number of piperazine rings is 1. The Morgan fingerprint density at radius 2 is 2.06 bits per heavy atom. The minimum Gasteiger partial charge on any atom is -0.397 e. The van der Waals surface area contributed by atoms with Crippen LogP contribution in [0.4, 0.5) is 11.4 Å². The van der Waals surface area contributed by atoms with Gasteiger partial charge in [0.25, 0.3) is 5.91 Å². The first-order valence-electron chi connectivity index (χ1n) is 11.1. The lowest BCUT2D eigenvalue weighted by atomic mass is 10.0. The number of anilines is 2. The van der Waals surface area contributed by atoms with Crippen molar-refractivity contribution >= 4 is 38.8 Å². The number of nitrogens with one attached hydrogen (secondary N) is 2. The Morgan fingerprint density at radius 3 is 2.84 bits per heavy atom. The first-order valence-corrected chi connectivity index (χ1v) is 11.9. The fourth-order valence-electron chi connectivity index (χ4n) is 4.33. The molecule has 3 heterocycles. The van der Waals surface area contributed by atoms with Gasteiger partial charge in [-0.25, -0.2) is 4.98 Å². The standard InChI is InChI=1S/C24H29N5OS/c1-15-2-6-18-21(25)22(31-24(18)28-15)23(30)27-9-8-16-3-7-20(19(14-16)17-4-5-17)29-12-10-26-11-13-29/h2-3,6-7,14,17,26H,4-5,8-13,25H2,1H3,(H,27,30). The van der Waals surface area contributed by atoms with Crippen molar-refractivity contribution < 1.29 is 4.79 Å². The van der Waals surface area contributed by atoms with Crippen LogP contribution in [0.5, 0.6) is 0 Å². The predicted molar refractivity (Wildman–Crippen MR) is 128 cm³/mol. The highest BCUT2D eigenvalue weighted by Gasteiger charge is 2.28. The van der Waals surface area contributed by atoms with Gasteiger partial charge in [0.05, 0.1) is 5.69 Å². The summed E-state index contributed by atoms with van der Waals surface area (Å²) in [5.41, 5.74) is 11.8. The second-order valence-corrected chi connectivity index (χ2v) is 9.56. The van der Waals surface area contributed by atoms with Crippen LogP contribution in [0.1, 0.15) is 45.3 Å².